The van der Waals surface area contributed by atoms with Gasteiger partial charge in [-0.1, -0.05) is 24.1 Å². The highest BCUT2D eigenvalue weighted by Gasteiger charge is 2.10. The molecule has 0 heterocycles. The number of carbonyl (C=O) groups excluding carboxylic acids is 1. The minimum atomic E-state index is -3.00. The summed E-state index contributed by atoms with van der Waals surface area (Å²) >= 11 is 0. The predicted octanol–water partition coefficient (Wildman–Crippen LogP) is 1.87. The molecule has 1 rings (SSSR count). The number of ketones is 1. The van der Waals surface area contributed by atoms with Gasteiger partial charge in [0.25, 0.3) is 5.78 Å². The molecular weight excluding hydrogens is 174 g/mol. The number of benzene rings is 1. The summed E-state index contributed by atoms with van der Waals surface area (Å²) in [6.07, 6.45) is -3.00. The van der Waals surface area contributed by atoms with Crippen molar-refractivity contribution in [2.24, 2.45) is 0 Å². The van der Waals surface area contributed by atoms with Gasteiger partial charge in [-0.15, -0.1) is 0 Å². The molecule has 66 valence electrons. The molecule has 0 saturated heterocycles. The number of carbonyl (C=O) groups is 1. The van der Waals surface area contributed by atoms with Crippen molar-refractivity contribution in [1.82, 2.24) is 0 Å². The Balaban J connectivity index is 2.74. The van der Waals surface area contributed by atoms with Gasteiger partial charge in [-0.25, -0.2) is 8.78 Å². The number of hydrogen-bond donors (Lipinski definition) is 0. The lowest BCUT2D eigenvalue weighted by atomic mass is 10.2. The minimum Gasteiger partial charge on any atom is -0.278 e. The maximum atomic E-state index is 11.7. The van der Waals surface area contributed by atoms with Crippen LogP contribution in [0.5, 0.6) is 0 Å². The molecule has 0 bridgehead atoms. The van der Waals surface area contributed by atoms with Crippen LogP contribution >= 0.6 is 0 Å². The highest BCUT2D eigenvalue weighted by Crippen LogP contribution is 1.96. The summed E-state index contributed by atoms with van der Waals surface area (Å²) in [7, 11) is 0. The second-order valence-electron chi connectivity index (χ2n) is 2.28. The van der Waals surface area contributed by atoms with E-state index in [0.29, 0.717) is 5.56 Å². The van der Waals surface area contributed by atoms with Gasteiger partial charge in [-0.05, 0) is 18.1 Å². The fourth-order valence-corrected chi connectivity index (χ4v) is 0.710. The van der Waals surface area contributed by atoms with E-state index in [4.69, 9.17) is 0 Å². The number of rotatable bonds is 1. The largest absolute Gasteiger partial charge is 0.308 e. The van der Waals surface area contributed by atoms with Crippen molar-refractivity contribution in [3.05, 3.63) is 35.9 Å². The molecule has 0 amide bonds. The topological polar surface area (TPSA) is 17.1 Å². The Morgan fingerprint density at radius 1 is 1.23 bits per heavy atom. The van der Waals surface area contributed by atoms with Crippen LogP contribution in [0, 0.1) is 11.8 Å². The Kier molecular flexibility index (Phi) is 3.15. The van der Waals surface area contributed by atoms with Crippen LogP contribution in [0.4, 0.5) is 8.78 Å². The molecule has 0 aromatic heterocycles. The third-order valence-corrected chi connectivity index (χ3v) is 1.30. The van der Waals surface area contributed by atoms with Gasteiger partial charge in [0.1, 0.15) is 0 Å². The second-order valence-corrected chi connectivity index (χ2v) is 2.28. The van der Waals surface area contributed by atoms with E-state index >= 15 is 0 Å². The van der Waals surface area contributed by atoms with E-state index in [-0.39, 0.29) is 0 Å². The molecule has 0 fully saturated rings. The van der Waals surface area contributed by atoms with Crippen molar-refractivity contribution in [2.75, 3.05) is 0 Å². The van der Waals surface area contributed by atoms with Crippen LogP contribution in [0.3, 0.4) is 0 Å². The highest BCUT2D eigenvalue weighted by molar-refractivity contribution is 5.98. The van der Waals surface area contributed by atoms with Crippen LogP contribution in [0.25, 0.3) is 0 Å². The Morgan fingerprint density at radius 3 is 2.38 bits per heavy atom. The number of halogens is 2. The van der Waals surface area contributed by atoms with Gasteiger partial charge in [0, 0.05) is 5.56 Å². The first-order chi connectivity index (χ1) is 6.20. The zero-order valence-electron chi connectivity index (χ0n) is 6.63. The summed E-state index contributed by atoms with van der Waals surface area (Å²) in [6, 6.07) is 8.51. The average Bonchev–Trinajstić information content (AvgIpc) is 2.15. The van der Waals surface area contributed by atoms with Gasteiger partial charge in [0.2, 0.25) is 0 Å². The fourth-order valence-electron chi connectivity index (χ4n) is 0.710. The lowest BCUT2D eigenvalue weighted by Gasteiger charge is -1.87. The lowest BCUT2D eigenvalue weighted by Crippen LogP contribution is -2.05. The molecule has 1 aromatic rings. The van der Waals surface area contributed by atoms with E-state index in [0.717, 1.165) is 0 Å². The monoisotopic (exact) mass is 180 g/mol. The molecule has 0 unspecified atom stereocenters. The molecule has 0 radical (unpaired) electrons. The van der Waals surface area contributed by atoms with Gasteiger partial charge in [-0.3, -0.25) is 4.79 Å². The van der Waals surface area contributed by atoms with Gasteiger partial charge in [-0.2, -0.15) is 0 Å². The summed E-state index contributed by atoms with van der Waals surface area (Å²) in [5.74, 6) is 2.86. The van der Waals surface area contributed by atoms with Crippen LogP contribution in [0.1, 0.15) is 5.56 Å². The van der Waals surface area contributed by atoms with Gasteiger partial charge in [0.05, 0.1) is 0 Å². The molecule has 0 aliphatic rings. The molecule has 0 aliphatic heterocycles. The van der Waals surface area contributed by atoms with E-state index in [2.05, 4.69) is 5.92 Å². The molecule has 0 atom stereocenters. The zero-order valence-corrected chi connectivity index (χ0v) is 6.63. The Bertz CT molecular complexity index is 346. The molecule has 3 heteroatoms. The smallest absolute Gasteiger partial charge is 0.278 e. The van der Waals surface area contributed by atoms with Crippen molar-refractivity contribution in [3.63, 3.8) is 0 Å². The van der Waals surface area contributed by atoms with Gasteiger partial charge >= 0.3 is 6.43 Å². The van der Waals surface area contributed by atoms with Crippen LogP contribution in [-0.4, -0.2) is 12.2 Å². The van der Waals surface area contributed by atoms with E-state index < -0.39 is 12.2 Å². The third-order valence-electron chi connectivity index (χ3n) is 1.30. The highest BCUT2D eigenvalue weighted by atomic mass is 19.3. The Morgan fingerprint density at radius 2 is 1.85 bits per heavy atom. The maximum Gasteiger partial charge on any atom is 0.308 e. The van der Waals surface area contributed by atoms with Crippen molar-refractivity contribution in [1.29, 1.82) is 0 Å². The first kappa shape index (κ1) is 9.40. The number of hydrogen-bond acceptors (Lipinski definition) is 1. The SMILES string of the molecule is O=C(C#Cc1ccccc1)C(F)F. The van der Waals surface area contributed by atoms with Crippen LogP contribution in [0.15, 0.2) is 30.3 Å². The zero-order chi connectivity index (χ0) is 9.68. The van der Waals surface area contributed by atoms with E-state index in [1.165, 1.54) is 0 Å². The molecule has 0 saturated carbocycles. The van der Waals surface area contributed by atoms with Crippen LogP contribution in [0.2, 0.25) is 0 Å². The standard InChI is InChI=1S/C10H6F2O/c11-10(12)9(13)7-6-8-4-2-1-3-5-8/h1-5,10H. The summed E-state index contributed by atoms with van der Waals surface area (Å²) in [5.41, 5.74) is 0.552. The van der Waals surface area contributed by atoms with E-state index in [1.807, 2.05) is 5.92 Å². The van der Waals surface area contributed by atoms with Crippen molar-refractivity contribution < 1.29 is 13.6 Å². The number of Topliss-reactive ketones (excluding diaryl/α,β-unsaturated/α-hetero) is 1. The Labute approximate surface area is 74.4 Å². The minimum absolute atomic E-state index is 0.552. The molecular formula is C10H6F2O. The normalized spacial score (nSPS) is 9.15. The number of alkyl halides is 2. The molecule has 13 heavy (non-hydrogen) atoms. The van der Waals surface area contributed by atoms with Crippen LogP contribution < -0.4 is 0 Å². The van der Waals surface area contributed by atoms with Gasteiger partial charge < -0.3 is 0 Å². The first-order valence-electron chi connectivity index (χ1n) is 3.59. The molecule has 0 spiro atoms. The van der Waals surface area contributed by atoms with Crippen LogP contribution in [-0.2, 0) is 4.79 Å². The van der Waals surface area contributed by atoms with Crippen molar-refractivity contribution in [3.8, 4) is 11.8 Å². The summed E-state index contributed by atoms with van der Waals surface area (Å²) in [5, 5.41) is 0. The second kappa shape index (κ2) is 4.36. The average molecular weight is 180 g/mol. The molecule has 1 aromatic carbocycles. The Hall–Kier alpha value is -1.69. The maximum absolute atomic E-state index is 11.7. The van der Waals surface area contributed by atoms with E-state index in [9.17, 15) is 13.6 Å². The van der Waals surface area contributed by atoms with Crippen molar-refractivity contribution in [2.45, 2.75) is 6.43 Å². The molecule has 0 N–H and O–H groups in total. The molecule has 0 aliphatic carbocycles. The lowest BCUT2D eigenvalue weighted by molar-refractivity contribution is -0.123. The first-order valence-corrected chi connectivity index (χ1v) is 3.59. The summed E-state index contributed by atoms with van der Waals surface area (Å²) in [6.45, 7) is 0. The van der Waals surface area contributed by atoms with E-state index in [1.54, 1.807) is 30.3 Å². The predicted molar refractivity (Wildman–Crippen MR) is 44.3 cm³/mol. The summed E-state index contributed by atoms with van der Waals surface area (Å²) in [4.78, 5) is 10.4. The molecule has 1 nitrogen and oxygen atoms in total. The van der Waals surface area contributed by atoms with Crippen molar-refractivity contribution >= 4 is 5.78 Å². The third kappa shape index (κ3) is 3.04. The summed E-state index contributed by atoms with van der Waals surface area (Å²) < 4.78 is 23.4. The quantitative estimate of drug-likeness (QED) is 0.603. The fraction of sp³-hybridized carbons (Fsp3) is 0.100. The van der Waals surface area contributed by atoms with Gasteiger partial charge in [0.15, 0.2) is 0 Å².